The molecule has 5 heteroatoms. The Labute approximate surface area is 113 Å². The van der Waals surface area contributed by atoms with E-state index in [0.717, 1.165) is 9.37 Å². The number of nitrogens with zero attached hydrogens (tertiary/aromatic N) is 1. The Morgan fingerprint density at radius 1 is 1.29 bits per heavy atom. The molecule has 0 aliphatic heterocycles. The van der Waals surface area contributed by atoms with E-state index in [9.17, 15) is 10.1 Å². The van der Waals surface area contributed by atoms with Gasteiger partial charge >= 0.3 is 0 Å². The molecule has 0 saturated heterocycles. The molecule has 1 fully saturated rings. The van der Waals surface area contributed by atoms with Gasteiger partial charge in [-0.15, -0.1) is 11.8 Å². The van der Waals surface area contributed by atoms with Crippen molar-refractivity contribution in [2.24, 2.45) is 0 Å². The number of hydrogen-bond donors (Lipinski definition) is 0. The quantitative estimate of drug-likeness (QED) is 0.595. The highest BCUT2D eigenvalue weighted by molar-refractivity contribution is 9.10. The summed E-state index contributed by atoms with van der Waals surface area (Å²) in [5, 5.41) is 11.5. The summed E-state index contributed by atoms with van der Waals surface area (Å²) in [7, 11) is 0. The maximum absolute atomic E-state index is 11.0. The zero-order valence-electron chi connectivity index (χ0n) is 9.39. The number of nitro benzene ring substituents is 1. The van der Waals surface area contributed by atoms with Gasteiger partial charge in [0.15, 0.2) is 0 Å². The molecule has 0 bridgehead atoms. The third-order valence-corrected chi connectivity index (χ3v) is 4.84. The minimum atomic E-state index is -0.294. The normalized spacial score (nSPS) is 17.0. The van der Waals surface area contributed by atoms with Crippen molar-refractivity contribution in [2.45, 2.75) is 42.2 Å². The molecule has 0 spiro atoms. The molecule has 0 radical (unpaired) electrons. The molecule has 0 atom stereocenters. The van der Waals surface area contributed by atoms with Crippen molar-refractivity contribution in [3.8, 4) is 0 Å². The molecule has 3 nitrogen and oxygen atoms in total. The third kappa shape index (κ3) is 3.45. The van der Waals surface area contributed by atoms with Gasteiger partial charge in [-0.05, 0) is 25.0 Å². The molecule has 0 aromatic heterocycles. The first kappa shape index (κ1) is 12.9. The zero-order valence-corrected chi connectivity index (χ0v) is 11.8. The van der Waals surface area contributed by atoms with E-state index < -0.39 is 0 Å². The van der Waals surface area contributed by atoms with Gasteiger partial charge in [-0.1, -0.05) is 35.2 Å². The molecule has 1 saturated carbocycles. The molecule has 2 rings (SSSR count). The summed E-state index contributed by atoms with van der Waals surface area (Å²) in [6.45, 7) is 0. The zero-order chi connectivity index (χ0) is 12.3. The lowest BCUT2D eigenvalue weighted by Crippen LogP contribution is -2.08. The van der Waals surface area contributed by atoms with Crippen LogP contribution in [0.5, 0.6) is 0 Å². The van der Waals surface area contributed by atoms with Crippen LogP contribution >= 0.6 is 27.7 Å². The van der Waals surface area contributed by atoms with Crippen LogP contribution in [0.2, 0.25) is 0 Å². The fourth-order valence-electron chi connectivity index (χ4n) is 2.10. The number of nitro groups is 1. The second-order valence-electron chi connectivity index (χ2n) is 4.25. The molecule has 0 unspecified atom stereocenters. The second kappa shape index (κ2) is 5.87. The van der Waals surface area contributed by atoms with Crippen molar-refractivity contribution in [3.05, 3.63) is 32.8 Å². The van der Waals surface area contributed by atoms with Crippen molar-refractivity contribution >= 4 is 33.4 Å². The Morgan fingerprint density at radius 3 is 2.65 bits per heavy atom. The number of rotatable bonds is 3. The second-order valence-corrected chi connectivity index (χ2v) is 6.50. The average Bonchev–Trinajstić information content (AvgIpc) is 2.30. The summed E-state index contributed by atoms with van der Waals surface area (Å²) in [4.78, 5) is 11.4. The van der Waals surface area contributed by atoms with Crippen LogP contribution in [-0.2, 0) is 0 Å². The van der Waals surface area contributed by atoms with Crippen molar-refractivity contribution in [1.29, 1.82) is 0 Å². The molecule has 0 heterocycles. The van der Waals surface area contributed by atoms with Crippen LogP contribution in [0.15, 0.2) is 27.6 Å². The molecule has 1 aromatic carbocycles. The maximum atomic E-state index is 11.0. The first-order valence-electron chi connectivity index (χ1n) is 5.77. The first-order valence-corrected chi connectivity index (χ1v) is 7.44. The maximum Gasteiger partial charge on any atom is 0.282 e. The largest absolute Gasteiger partial charge is 0.282 e. The smallest absolute Gasteiger partial charge is 0.258 e. The molecule has 1 aliphatic carbocycles. The summed E-state index contributed by atoms with van der Waals surface area (Å²) in [6, 6.07) is 5.16. The molecule has 0 N–H and O–H groups in total. The van der Waals surface area contributed by atoms with Crippen LogP contribution < -0.4 is 0 Å². The number of hydrogen-bond acceptors (Lipinski definition) is 3. The van der Waals surface area contributed by atoms with E-state index in [1.807, 2.05) is 6.07 Å². The molecule has 0 amide bonds. The predicted molar refractivity (Wildman–Crippen MR) is 73.5 cm³/mol. The third-order valence-electron chi connectivity index (χ3n) is 2.96. The van der Waals surface area contributed by atoms with E-state index in [1.165, 1.54) is 32.1 Å². The lowest BCUT2D eigenvalue weighted by molar-refractivity contribution is -0.387. The van der Waals surface area contributed by atoms with Crippen LogP contribution in [0.3, 0.4) is 0 Å². The van der Waals surface area contributed by atoms with Crippen LogP contribution in [0, 0.1) is 10.1 Å². The van der Waals surface area contributed by atoms with Crippen molar-refractivity contribution in [1.82, 2.24) is 0 Å². The van der Waals surface area contributed by atoms with Gasteiger partial charge in [0.1, 0.15) is 0 Å². The molecule has 1 aromatic rings. The summed E-state index contributed by atoms with van der Waals surface area (Å²) >= 11 is 5.04. The van der Waals surface area contributed by atoms with Crippen LogP contribution in [0.1, 0.15) is 32.1 Å². The van der Waals surface area contributed by atoms with Gasteiger partial charge in [-0.3, -0.25) is 10.1 Å². The van der Waals surface area contributed by atoms with Gasteiger partial charge in [-0.25, -0.2) is 0 Å². The lowest BCUT2D eigenvalue weighted by atomic mass is 10.0. The minimum Gasteiger partial charge on any atom is -0.258 e. The van der Waals surface area contributed by atoms with E-state index in [1.54, 1.807) is 23.9 Å². The monoisotopic (exact) mass is 315 g/mol. The highest BCUT2D eigenvalue weighted by Gasteiger charge is 2.20. The standard InChI is InChI=1S/C12H14BrNO2S/c13-9-6-7-11(14(15)16)12(8-9)17-10-4-2-1-3-5-10/h6-8,10H,1-5H2. The number of thioether (sulfide) groups is 1. The highest BCUT2D eigenvalue weighted by Crippen LogP contribution is 2.39. The van der Waals surface area contributed by atoms with Crippen molar-refractivity contribution < 1.29 is 4.92 Å². The summed E-state index contributed by atoms with van der Waals surface area (Å²) < 4.78 is 0.904. The van der Waals surface area contributed by atoms with Crippen LogP contribution in [0.4, 0.5) is 5.69 Å². The Kier molecular flexibility index (Phi) is 4.45. The van der Waals surface area contributed by atoms with Gasteiger partial charge in [0.25, 0.3) is 5.69 Å². The predicted octanol–water partition coefficient (Wildman–Crippen LogP) is 4.78. The van der Waals surface area contributed by atoms with Gasteiger partial charge in [-0.2, -0.15) is 0 Å². The molecule has 1 aliphatic rings. The van der Waals surface area contributed by atoms with Gasteiger partial charge < -0.3 is 0 Å². The summed E-state index contributed by atoms with van der Waals surface area (Å²) in [6.07, 6.45) is 6.15. The Bertz CT molecular complexity index is 419. The lowest BCUT2D eigenvalue weighted by Gasteiger charge is -2.20. The van der Waals surface area contributed by atoms with Gasteiger partial charge in [0.2, 0.25) is 0 Å². The molecular formula is C12H14BrNO2S. The first-order chi connectivity index (χ1) is 8.16. The van der Waals surface area contributed by atoms with E-state index in [0.29, 0.717) is 5.25 Å². The fourth-order valence-corrected chi connectivity index (χ4v) is 3.99. The van der Waals surface area contributed by atoms with E-state index in [4.69, 9.17) is 0 Å². The molecular weight excluding hydrogens is 302 g/mol. The van der Waals surface area contributed by atoms with E-state index >= 15 is 0 Å². The number of benzene rings is 1. The fraction of sp³-hybridized carbons (Fsp3) is 0.500. The van der Waals surface area contributed by atoms with Crippen LogP contribution in [0.25, 0.3) is 0 Å². The summed E-state index contributed by atoms with van der Waals surface area (Å²) in [5.41, 5.74) is 0.226. The Morgan fingerprint density at radius 2 is 2.00 bits per heavy atom. The Hall–Kier alpha value is -0.550. The van der Waals surface area contributed by atoms with E-state index in [-0.39, 0.29) is 10.6 Å². The minimum absolute atomic E-state index is 0.226. The highest BCUT2D eigenvalue weighted by atomic mass is 79.9. The SMILES string of the molecule is O=[N+]([O-])c1ccc(Br)cc1SC1CCCCC1. The molecule has 92 valence electrons. The van der Waals surface area contributed by atoms with E-state index in [2.05, 4.69) is 15.9 Å². The summed E-state index contributed by atoms with van der Waals surface area (Å²) in [5.74, 6) is 0. The number of halogens is 1. The van der Waals surface area contributed by atoms with Crippen LogP contribution in [-0.4, -0.2) is 10.2 Å². The molecule has 17 heavy (non-hydrogen) atoms. The topological polar surface area (TPSA) is 43.1 Å². The van der Waals surface area contributed by atoms with Crippen molar-refractivity contribution in [2.75, 3.05) is 0 Å². The average molecular weight is 316 g/mol. The Balaban J connectivity index is 2.17. The van der Waals surface area contributed by atoms with Gasteiger partial charge in [0.05, 0.1) is 9.82 Å². The van der Waals surface area contributed by atoms with Crippen molar-refractivity contribution in [3.63, 3.8) is 0 Å². The van der Waals surface area contributed by atoms with Gasteiger partial charge in [0, 0.05) is 15.8 Å².